The molecule has 1 saturated heterocycles. The van der Waals surface area contributed by atoms with Gasteiger partial charge in [-0.15, -0.1) is 0 Å². The molecule has 13 heavy (non-hydrogen) atoms. The zero-order chi connectivity index (χ0) is 9.10. The highest BCUT2D eigenvalue weighted by Crippen LogP contribution is 2.15. The normalized spacial score (nSPS) is 19.2. The molecule has 1 fully saturated rings. The van der Waals surface area contributed by atoms with Crippen LogP contribution in [0, 0.1) is 6.92 Å². The third-order valence-electron chi connectivity index (χ3n) is 2.57. The molecule has 0 saturated carbocycles. The number of rotatable bonds is 2. The van der Waals surface area contributed by atoms with Crippen molar-refractivity contribution >= 4 is 11.3 Å². The second-order valence-corrected chi connectivity index (χ2v) is 4.35. The first-order valence-electron chi connectivity index (χ1n) is 4.81. The fraction of sp³-hybridized carbons (Fsp3) is 0.600. The van der Waals surface area contributed by atoms with Gasteiger partial charge >= 0.3 is 0 Å². The second-order valence-electron chi connectivity index (χ2n) is 3.61. The minimum Gasteiger partial charge on any atom is -0.314 e. The Labute approximate surface area is 83.6 Å². The molecule has 1 aliphatic heterocycles. The van der Waals surface area contributed by atoms with Crippen molar-refractivity contribution in [2.24, 2.45) is 0 Å². The van der Waals surface area contributed by atoms with Crippen molar-refractivity contribution in [2.45, 2.75) is 13.5 Å². The molecule has 3 heteroatoms. The number of piperazine rings is 1. The summed E-state index contributed by atoms with van der Waals surface area (Å²) in [6.07, 6.45) is 0. The minimum atomic E-state index is 1.14. The van der Waals surface area contributed by atoms with Crippen LogP contribution in [-0.2, 0) is 6.54 Å². The van der Waals surface area contributed by atoms with Crippen molar-refractivity contribution in [3.63, 3.8) is 0 Å². The van der Waals surface area contributed by atoms with Gasteiger partial charge in [0.15, 0.2) is 0 Å². The average Bonchev–Trinajstić information content (AvgIpc) is 2.54. The summed E-state index contributed by atoms with van der Waals surface area (Å²) in [4.78, 5) is 2.52. The maximum absolute atomic E-state index is 3.37. The number of hydrogen-bond acceptors (Lipinski definition) is 3. The molecule has 0 bridgehead atoms. The maximum Gasteiger partial charge on any atom is 0.0245 e. The molecule has 1 aromatic heterocycles. The molecule has 0 spiro atoms. The first kappa shape index (κ1) is 9.19. The molecule has 2 nitrogen and oxygen atoms in total. The lowest BCUT2D eigenvalue weighted by Gasteiger charge is -2.27. The summed E-state index contributed by atoms with van der Waals surface area (Å²) >= 11 is 1.81. The van der Waals surface area contributed by atoms with Gasteiger partial charge in [0, 0.05) is 32.7 Å². The Kier molecular flexibility index (Phi) is 2.98. The van der Waals surface area contributed by atoms with Gasteiger partial charge in [-0.3, -0.25) is 4.90 Å². The molecule has 0 aromatic carbocycles. The minimum absolute atomic E-state index is 1.14. The van der Waals surface area contributed by atoms with Crippen LogP contribution in [0.3, 0.4) is 0 Å². The number of thiophene rings is 1. The van der Waals surface area contributed by atoms with E-state index in [1.807, 2.05) is 11.3 Å². The molecule has 0 amide bonds. The molecule has 1 aliphatic rings. The summed E-state index contributed by atoms with van der Waals surface area (Å²) in [5.41, 5.74) is 2.95. The van der Waals surface area contributed by atoms with Gasteiger partial charge in [-0.05, 0) is 28.8 Å². The van der Waals surface area contributed by atoms with E-state index in [2.05, 4.69) is 27.9 Å². The lowest BCUT2D eigenvalue weighted by Crippen LogP contribution is -2.42. The van der Waals surface area contributed by atoms with Crippen molar-refractivity contribution in [3.8, 4) is 0 Å². The molecular formula is C10H16N2S. The molecule has 0 unspecified atom stereocenters. The number of nitrogens with zero attached hydrogens (tertiary/aromatic N) is 1. The fourth-order valence-electron chi connectivity index (χ4n) is 1.66. The van der Waals surface area contributed by atoms with Crippen LogP contribution in [-0.4, -0.2) is 31.1 Å². The Bertz CT molecular complexity index is 264. The Morgan fingerprint density at radius 3 is 2.77 bits per heavy atom. The van der Waals surface area contributed by atoms with Crippen LogP contribution in [0.15, 0.2) is 10.8 Å². The summed E-state index contributed by atoms with van der Waals surface area (Å²) in [5.74, 6) is 0. The second kappa shape index (κ2) is 4.22. The van der Waals surface area contributed by atoms with Crippen molar-refractivity contribution in [1.82, 2.24) is 10.2 Å². The SMILES string of the molecule is Cc1cscc1CN1CCNCC1. The molecule has 0 atom stereocenters. The first-order valence-corrected chi connectivity index (χ1v) is 5.75. The van der Waals surface area contributed by atoms with Gasteiger partial charge in [-0.2, -0.15) is 11.3 Å². The quantitative estimate of drug-likeness (QED) is 0.770. The van der Waals surface area contributed by atoms with E-state index in [1.54, 1.807) is 0 Å². The van der Waals surface area contributed by atoms with Gasteiger partial charge in [0.25, 0.3) is 0 Å². The van der Waals surface area contributed by atoms with E-state index in [4.69, 9.17) is 0 Å². The highest BCUT2D eigenvalue weighted by atomic mass is 32.1. The third kappa shape index (κ3) is 2.30. The number of aryl methyl sites for hydroxylation is 1. The number of nitrogens with one attached hydrogen (secondary N) is 1. The van der Waals surface area contributed by atoms with E-state index in [1.165, 1.54) is 24.2 Å². The summed E-state index contributed by atoms with van der Waals surface area (Å²) < 4.78 is 0. The zero-order valence-corrected chi connectivity index (χ0v) is 8.86. The average molecular weight is 196 g/mol. The molecule has 1 N–H and O–H groups in total. The van der Waals surface area contributed by atoms with Gasteiger partial charge in [-0.1, -0.05) is 0 Å². The first-order chi connectivity index (χ1) is 6.36. The Morgan fingerprint density at radius 2 is 2.15 bits per heavy atom. The zero-order valence-electron chi connectivity index (χ0n) is 8.05. The third-order valence-corrected chi connectivity index (χ3v) is 3.48. The molecule has 0 aliphatic carbocycles. The van der Waals surface area contributed by atoms with Crippen LogP contribution >= 0.6 is 11.3 Å². The van der Waals surface area contributed by atoms with Crippen molar-refractivity contribution in [2.75, 3.05) is 26.2 Å². The maximum atomic E-state index is 3.37. The largest absolute Gasteiger partial charge is 0.314 e. The summed E-state index contributed by atoms with van der Waals surface area (Å²) in [5, 5.41) is 7.88. The topological polar surface area (TPSA) is 15.3 Å². The van der Waals surface area contributed by atoms with Gasteiger partial charge in [0.2, 0.25) is 0 Å². The van der Waals surface area contributed by atoms with Crippen LogP contribution in [0.1, 0.15) is 11.1 Å². The molecule has 72 valence electrons. The smallest absolute Gasteiger partial charge is 0.0245 e. The predicted molar refractivity (Wildman–Crippen MR) is 57.2 cm³/mol. The van der Waals surface area contributed by atoms with Gasteiger partial charge < -0.3 is 5.32 Å². The number of hydrogen-bond donors (Lipinski definition) is 1. The van der Waals surface area contributed by atoms with Crippen LogP contribution in [0.25, 0.3) is 0 Å². The van der Waals surface area contributed by atoms with Crippen LogP contribution in [0.4, 0.5) is 0 Å². The van der Waals surface area contributed by atoms with E-state index >= 15 is 0 Å². The highest BCUT2D eigenvalue weighted by Gasteiger charge is 2.10. The van der Waals surface area contributed by atoms with Crippen molar-refractivity contribution in [1.29, 1.82) is 0 Å². The predicted octanol–water partition coefficient (Wildman–Crippen LogP) is 1.46. The molecule has 2 rings (SSSR count). The van der Waals surface area contributed by atoms with E-state index in [-0.39, 0.29) is 0 Å². The molecule has 2 heterocycles. The Hall–Kier alpha value is -0.380. The van der Waals surface area contributed by atoms with Crippen LogP contribution < -0.4 is 5.32 Å². The van der Waals surface area contributed by atoms with E-state index in [0.717, 1.165) is 19.6 Å². The Morgan fingerprint density at radius 1 is 1.38 bits per heavy atom. The van der Waals surface area contributed by atoms with E-state index < -0.39 is 0 Å². The van der Waals surface area contributed by atoms with Crippen molar-refractivity contribution in [3.05, 3.63) is 21.9 Å². The highest BCUT2D eigenvalue weighted by molar-refractivity contribution is 7.08. The van der Waals surface area contributed by atoms with E-state index in [0.29, 0.717) is 0 Å². The summed E-state index contributed by atoms with van der Waals surface area (Å²) in [7, 11) is 0. The molecule has 0 radical (unpaired) electrons. The lowest BCUT2D eigenvalue weighted by molar-refractivity contribution is 0.233. The lowest BCUT2D eigenvalue weighted by atomic mass is 10.2. The Balaban J connectivity index is 1.93. The van der Waals surface area contributed by atoms with Gasteiger partial charge in [0.05, 0.1) is 0 Å². The van der Waals surface area contributed by atoms with Gasteiger partial charge in [-0.25, -0.2) is 0 Å². The monoisotopic (exact) mass is 196 g/mol. The van der Waals surface area contributed by atoms with Crippen molar-refractivity contribution < 1.29 is 0 Å². The molecule has 1 aromatic rings. The van der Waals surface area contributed by atoms with E-state index in [9.17, 15) is 0 Å². The summed E-state index contributed by atoms with van der Waals surface area (Å²) in [6.45, 7) is 8.00. The summed E-state index contributed by atoms with van der Waals surface area (Å²) in [6, 6.07) is 0. The van der Waals surface area contributed by atoms with Gasteiger partial charge in [0.1, 0.15) is 0 Å². The van der Waals surface area contributed by atoms with Crippen LogP contribution in [0.2, 0.25) is 0 Å². The van der Waals surface area contributed by atoms with Crippen LogP contribution in [0.5, 0.6) is 0 Å². The fourth-order valence-corrected chi connectivity index (χ4v) is 2.51. The standard InChI is InChI=1S/C10H16N2S/c1-9-7-13-8-10(9)6-12-4-2-11-3-5-12/h7-8,11H,2-6H2,1H3. The molecular weight excluding hydrogens is 180 g/mol.